The van der Waals surface area contributed by atoms with Gasteiger partial charge >= 0.3 is 0 Å². The fourth-order valence-electron chi connectivity index (χ4n) is 3.92. The molecular weight excluding hydrogens is 326 g/mol. The van der Waals surface area contributed by atoms with Crippen LogP contribution in [0.5, 0.6) is 0 Å². The van der Waals surface area contributed by atoms with Crippen molar-refractivity contribution in [3.63, 3.8) is 0 Å². The first kappa shape index (κ1) is 17.4. The lowest BCUT2D eigenvalue weighted by atomic mass is 9.79. The number of nitrogens with zero attached hydrogens (tertiary/aromatic N) is 2. The molecule has 0 radical (unpaired) electrons. The van der Waals surface area contributed by atoms with E-state index in [0.29, 0.717) is 26.2 Å². The molecule has 2 aliphatic rings. The van der Waals surface area contributed by atoms with Crippen LogP contribution in [0.1, 0.15) is 11.1 Å². The summed E-state index contributed by atoms with van der Waals surface area (Å²) in [6.45, 7) is 4.51. The van der Waals surface area contributed by atoms with Crippen LogP contribution in [0.3, 0.4) is 0 Å². The molecular formula is C17H25N3O3S. The van der Waals surface area contributed by atoms with Crippen LogP contribution in [0.2, 0.25) is 0 Å². The zero-order chi connectivity index (χ0) is 17.5. The van der Waals surface area contributed by atoms with E-state index in [1.165, 1.54) is 10.6 Å². The van der Waals surface area contributed by atoms with Crippen molar-refractivity contribution >= 4 is 15.9 Å². The average molecular weight is 351 g/mol. The van der Waals surface area contributed by atoms with Crippen molar-refractivity contribution < 1.29 is 13.2 Å². The molecule has 1 N–H and O–H groups in total. The summed E-state index contributed by atoms with van der Waals surface area (Å²) in [7, 11) is -1.47. The summed E-state index contributed by atoms with van der Waals surface area (Å²) in [4.78, 5) is 14.9. The zero-order valence-corrected chi connectivity index (χ0v) is 15.3. The number of nitrogens with one attached hydrogen (secondary N) is 1. The Hall–Kier alpha value is -1.44. The summed E-state index contributed by atoms with van der Waals surface area (Å²) in [5.41, 5.74) is 1.63. The third kappa shape index (κ3) is 2.96. The predicted octanol–water partition coefficient (Wildman–Crippen LogP) is 0.434. The lowest BCUT2D eigenvalue weighted by molar-refractivity contribution is -0.140. The molecule has 1 aromatic rings. The minimum atomic E-state index is -3.27. The maximum Gasteiger partial charge on any atom is 0.231 e. The van der Waals surface area contributed by atoms with Crippen molar-refractivity contribution in [2.75, 3.05) is 39.5 Å². The third-order valence-electron chi connectivity index (χ3n) is 5.41. The van der Waals surface area contributed by atoms with Gasteiger partial charge in [-0.3, -0.25) is 4.79 Å². The van der Waals surface area contributed by atoms with Gasteiger partial charge in [-0.2, -0.15) is 0 Å². The molecule has 24 heavy (non-hydrogen) atoms. The number of carbonyl (C=O) groups is 1. The van der Waals surface area contributed by atoms with Crippen LogP contribution >= 0.6 is 0 Å². The van der Waals surface area contributed by atoms with Crippen molar-refractivity contribution in [3.05, 3.63) is 35.4 Å². The Morgan fingerprint density at radius 2 is 2.12 bits per heavy atom. The lowest BCUT2D eigenvalue weighted by Crippen LogP contribution is -2.48. The monoisotopic (exact) mass is 351 g/mol. The number of hydrogen-bond donors (Lipinski definition) is 1. The normalized spacial score (nSPS) is 27.2. The molecule has 7 heteroatoms. The Morgan fingerprint density at radius 3 is 2.79 bits per heavy atom. The Bertz CT molecular complexity index is 749. The molecule has 2 atom stereocenters. The Balaban J connectivity index is 1.81. The number of benzene rings is 1. The van der Waals surface area contributed by atoms with Gasteiger partial charge in [0.15, 0.2) is 0 Å². The largest absolute Gasteiger partial charge is 0.341 e. The standard InChI is InChI=1S/C17H25N3O3S/c1-13-6-4-5-7-14(13)9-19(2)16(21)17-11-18-8-15(17)10-20(12-17)24(3,22)23/h4-7,15,18H,8-12H2,1-3H3/t15-,17-/m1/s1. The van der Waals surface area contributed by atoms with Gasteiger partial charge in [0.05, 0.1) is 11.7 Å². The Morgan fingerprint density at radius 1 is 1.42 bits per heavy atom. The molecule has 2 fully saturated rings. The van der Waals surface area contributed by atoms with Crippen molar-refractivity contribution in [3.8, 4) is 0 Å². The van der Waals surface area contributed by atoms with Gasteiger partial charge in [-0.25, -0.2) is 12.7 Å². The summed E-state index contributed by atoms with van der Waals surface area (Å²) < 4.78 is 25.3. The molecule has 0 unspecified atom stereocenters. The van der Waals surface area contributed by atoms with Crippen LogP contribution in [0.15, 0.2) is 24.3 Å². The fraction of sp³-hybridized carbons (Fsp3) is 0.588. The highest BCUT2D eigenvalue weighted by Gasteiger charge is 2.57. The molecule has 0 spiro atoms. The highest BCUT2D eigenvalue weighted by molar-refractivity contribution is 7.88. The average Bonchev–Trinajstić information content (AvgIpc) is 3.06. The first-order valence-electron chi connectivity index (χ1n) is 8.20. The number of hydrogen-bond acceptors (Lipinski definition) is 4. The van der Waals surface area contributed by atoms with Crippen molar-refractivity contribution in [1.82, 2.24) is 14.5 Å². The maximum absolute atomic E-state index is 13.2. The first-order valence-corrected chi connectivity index (χ1v) is 10.0. The SMILES string of the molecule is Cc1ccccc1CN(C)C(=O)[C@@]12CNC[C@@H]1CN(S(C)(=O)=O)C2. The third-order valence-corrected chi connectivity index (χ3v) is 6.62. The maximum atomic E-state index is 13.2. The molecule has 0 saturated carbocycles. The molecule has 1 aromatic carbocycles. The van der Waals surface area contributed by atoms with Crippen LogP contribution in [-0.2, 0) is 21.4 Å². The highest BCUT2D eigenvalue weighted by atomic mass is 32.2. The minimum absolute atomic E-state index is 0.0342. The van der Waals surface area contributed by atoms with Crippen molar-refractivity contribution in [2.24, 2.45) is 11.3 Å². The van der Waals surface area contributed by atoms with E-state index < -0.39 is 15.4 Å². The van der Waals surface area contributed by atoms with E-state index in [1.807, 2.05) is 38.2 Å². The van der Waals surface area contributed by atoms with E-state index in [-0.39, 0.29) is 18.4 Å². The molecule has 0 aromatic heterocycles. The Labute approximate surface area is 143 Å². The first-order chi connectivity index (χ1) is 11.2. The second-order valence-electron chi connectivity index (χ2n) is 7.13. The van der Waals surface area contributed by atoms with Gasteiger partial charge in [0.25, 0.3) is 0 Å². The summed E-state index contributed by atoms with van der Waals surface area (Å²) >= 11 is 0. The van der Waals surface area contributed by atoms with E-state index in [0.717, 1.165) is 11.1 Å². The van der Waals surface area contributed by atoms with Gasteiger partial charge in [0, 0.05) is 45.7 Å². The van der Waals surface area contributed by atoms with E-state index in [1.54, 1.807) is 4.90 Å². The number of sulfonamides is 1. The molecule has 2 aliphatic heterocycles. The fourth-order valence-corrected chi connectivity index (χ4v) is 4.84. The minimum Gasteiger partial charge on any atom is -0.341 e. The van der Waals surface area contributed by atoms with Crippen molar-refractivity contribution in [2.45, 2.75) is 13.5 Å². The van der Waals surface area contributed by atoms with Gasteiger partial charge in [0.2, 0.25) is 15.9 Å². The molecule has 3 rings (SSSR count). The van der Waals surface area contributed by atoms with E-state index >= 15 is 0 Å². The van der Waals surface area contributed by atoms with Gasteiger partial charge < -0.3 is 10.2 Å². The predicted molar refractivity (Wildman–Crippen MR) is 92.9 cm³/mol. The Kier molecular flexibility index (Phi) is 4.44. The van der Waals surface area contributed by atoms with Crippen LogP contribution < -0.4 is 5.32 Å². The van der Waals surface area contributed by atoms with E-state index in [9.17, 15) is 13.2 Å². The van der Waals surface area contributed by atoms with Gasteiger partial charge in [0.1, 0.15) is 0 Å². The van der Waals surface area contributed by atoms with E-state index in [4.69, 9.17) is 0 Å². The quantitative estimate of drug-likeness (QED) is 0.854. The second-order valence-corrected chi connectivity index (χ2v) is 9.11. The molecule has 2 heterocycles. The highest BCUT2D eigenvalue weighted by Crippen LogP contribution is 2.41. The summed E-state index contributed by atoms with van der Waals surface area (Å²) in [6, 6.07) is 8.02. The topological polar surface area (TPSA) is 69.7 Å². The van der Waals surface area contributed by atoms with Gasteiger partial charge in [-0.1, -0.05) is 24.3 Å². The van der Waals surface area contributed by atoms with Gasteiger partial charge in [-0.15, -0.1) is 0 Å². The molecule has 0 aliphatic carbocycles. The van der Waals surface area contributed by atoms with Crippen LogP contribution in [0.25, 0.3) is 0 Å². The van der Waals surface area contributed by atoms with E-state index in [2.05, 4.69) is 5.32 Å². The molecule has 0 bridgehead atoms. The summed E-state index contributed by atoms with van der Waals surface area (Å²) in [5.74, 6) is 0.0750. The number of carbonyl (C=O) groups excluding carboxylic acids is 1. The number of fused-ring (bicyclic) bond motifs is 1. The second kappa shape index (κ2) is 6.13. The smallest absolute Gasteiger partial charge is 0.231 e. The zero-order valence-electron chi connectivity index (χ0n) is 14.4. The summed E-state index contributed by atoms with van der Waals surface area (Å²) in [5, 5.41) is 3.28. The van der Waals surface area contributed by atoms with Crippen LogP contribution in [0.4, 0.5) is 0 Å². The number of amides is 1. The van der Waals surface area contributed by atoms with Gasteiger partial charge in [-0.05, 0) is 18.1 Å². The molecule has 6 nitrogen and oxygen atoms in total. The van der Waals surface area contributed by atoms with Crippen LogP contribution in [0, 0.1) is 18.3 Å². The molecule has 2 saturated heterocycles. The van der Waals surface area contributed by atoms with Crippen molar-refractivity contribution in [1.29, 1.82) is 0 Å². The number of rotatable bonds is 4. The molecule has 1 amide bonds. The lowest BCUT2D eigenvalue weighted by Gasteiger charge is -2.32. The molecule has 132 valence electrons. The summed E-state index contributed by atoms with van der Waals surface area (Å²) in [6.07, 6.45) is 1.22. The van der Waals surface area contributed by atoms with Crippen LogP contribution in [-0.4, -0.2) is 63.0 Å². The number of aryl methyl sites for hydroxylation is 1.